The lowest BCUT2D eigenvalue weighted by atomic mass is 10.6. The van der Waals surface area contributed by atoms with Crippen LogP contribution in [0.15, 0.2) is 197 Å². The Morgan fingerprint density at radius 2 is 0.235 bits per heavy atom. The van der Waals surface area contributed by atoms with E-state index < -0.39 is 0 Å². The molecule has 0 saturated heterocycles. The molecule has 0 heterocycles. The second kappa shape index (κ2) is 25.7. The molecule has 0 saturated carbocycles. The maximum absolute atomic E-state index is 3.31. The molecule has 0 aromatic carbocycles. The molecule has 0 aliphatic heterocycles. The van der Waals surface area contributed by atoms with Crippen molar-refractivity contribution in [2.24, 2.45) is 0 Å². The summed E-state index contributed by atoms with van der Waals surface area (Å²) in [6.45, 7) is 6.62. The summed E-state index contributed by atoms with van der Waals surface area (Å²) in [7, 11) is 0. The average Bonchev–Trinajstić information content (AvgIpc) is 2.85. The van der Waals surface area contributed by atoms with Gasteiger partial charge in [-0.05, 0) is 105 Å². The molecule has 0 atom stereocenters. The smallest absolute Gasteiger partial charge is 0 e. The van der Waals surface area contributed by atoms with E-state index >= 15 is 0 Å². The van der Waals surface area contributed by atoms with Crippen LogP contribution in [0, 0.1) is 0 Å². The van der Waals surface area contributed by atoms with Gasteiger partial charge >= 0.3 is 0 Å². The van der Waals surface area contributed by atoms with Gasteiger partial charge in [0.2, 0.25) is 0 Å². The average molecular weight is 412 g/mol. The standard InChI is InChI=1S/C34H4/c1-3-5-7-9-11-13-15-17-19-21-23-25-27-29-31-33-34-32-30-28-26-24-22-20-18-16-14-12-10-8-6-4-2/h1-2H2. The Hall–Kier alpha value is -7.30. The van der Waals surface area contributed by atoms with E-state index in [1.54, 1.807) is 0 Å². The van der Waals surface area contributed by atoms with E-state index in [1.165, 1.54) is 0 Å². The largest absolute Gasteiger partial charge is 0.0687 e. The molecule has 0 radical (unpaired) electrons. The summed E-state index contributed by atoms with van der Waals surface area (Å²) in [5.74, 6) is 0. The second-order valence-electron chi connectivity index (χ2n) is 4.10. The van der Waals surface area contributed by atoms with E-state index in [1.807, 2.05) is 0 Å². The predicted molar refractivity (Wildman–Crippen MR) is 124 cm³/mol. The molecule has 0 nitrogen and oxygen atoms in total. The fraction of sp³-hybridized carbons (Fsp3) is 0. The van der Waals surface area contributed by atoms with Gasteiger partial charge in [-0.3, -0.25) is 0 Å². The highest BCUT2D eigenvalue weighted by molar-refractivity contribution is 4.95. The van der Waals surface area contributed by atoms with Crippen LogP contribution in [-0.2, 0) is 0 Å². The van der Waals surface area contributed by atoms with Gasteiger partial charge in [0, 0.05) is 80.2 Å². The topological polar surface area (TPSA) is 0 Å². The van der Waals surface area contributed by atoms with Crippen molar-refractivity contribution in [1.82, 2.24) is 0 Å². The first-order valence-electron chi connectivity index (χ1n) is 8.46. The van der Waals surface area contributed by atoms with Crippen LogP contribution in [0.5, 0.6) is 0 Å². The molecule has 34 heavy (non-hydrogen) atoms. The van der Waals surface area contributed by atoms with Crippen molar-refractivity contribution in [1.29, 1.82) is 0 Å². The van der Waals surface area contributed by atoms with Crippen molar-refractivity contribution in [3.8, 4) is 0 Å². The molecule has 0 spiro atoms. The molecule has 140 valence electrons. The van der Waals surface area contributed by atoms with E-state index in [0.29, 0.717) is 0 Å². The van der Waals surface area contributed by atoms with Gasteiger partial charge in [0.15, 0.2) is 0 Å². The zero-order chi connectivity index (χ0) is 24.6. The Labute approximate surface area is 196 Å². The van der Waals surface area contributed by atoms with Crippen LogP contribution in [0.4, 0.5) is 0 Å². The highest BCUT2D eigenvalue weighted by atomic mass is 13.4. The summed E-state index contributed by atoms with van der Waals surface area (Å²) in [5.41, 5.74) is 79.4. The van der Waals surface area contributed by atoms with Gasteiger partial charge in [-0.2, -0.15) is 0 Å². The lowest BCUT2D eigenvalue weighted by Gasteiger charge is -1.41. The van der Waals surface area contributed by atoms with Crippen LogP contribution < -0.4 is 0 Å². The third-order valence-electron chi connectivity index (χ3n) is 1.99. The van der Waals surface area contributed by atoms with Crippen molar-refractivity contribution in [3.05, 3.63) is 197 Å². The molecule has 0 bridgehead atoms. The van der Waals surface area contributed by atoms with Crippen molar-refractivity contribution < 1.29 is 0 Å². The maximum Gasteiger partial charge on any atom is 0 e. The van der Waals surface area contributed by atoms with Crippen molar-refractivity contribution in [3.63, 3.8) is 0 Å². The first kappa shape index (κ1) is 26.7. The molecule has 0 unspecified atom stereocenters. The molecule has 0 fully saturated rings. The van der Waals surface area contributed by atoms with E-state index in [9.17, 15) is 0 Å². The van der Waals surface area contributed by atoms with Crippen LogP contribution in [0.25, 0.3) is 0 Å². The Balaban J connectivity index is 5.98. The second-order valence-corrected chi connectivity index (χ2v) is 4.10. The van der Waals surface area contributed by atoms with Gasteiger partial charge in [-0.25, -0.2) is 0 Å². The highest BCUT2D eigenvalue weighted by Gasteiger charge is 1.43. The quantitative estimate of drug-likeness (QED) is 0.444. The minimum Gasteiger partial charge on any atom is -0.0687 e. The summed E-state index contributed by atoms with van der Waals surface area (Å²) < 4.78 is 0. The maximum atomic E-state index is 3.31. The lowest BCUT2D eigenvalue weighted by molar-refractivity contribution is 2.11. The van der Waals surface area contributed by atoms with Gasteiger partial charge in [-0.15, -0.1) is 0 Å². The Morgan fingerprint density at radius 1 is 0.147 bits per heavy atom. The fourth-order valence-electron chi connectivity index (χ4n) is 0.963. The summed E-state index contributed by atoms with van der Waals surface area (Å²) in [6, 6.07) is 0. The van der Waals surface area contributed by atoms with Crippen LogP contribution in [0.2, 0.25) is 0 Å². The highest BCUT2D eigenvalue weighted by Crippen LogP contribution is 1.59. The molecule has 0 N–H and O–H groups in total. The van der Waals surface area contributed by atoms with Crippen molar-refractivity contribution >= 4 is 0 Å². The third kappa shape index (κ3) is 24.7. The van der Waals surface area contributed by atoms with Crippen molar-refractivity contribution in [2.45, 2.75) is 0 Å². The number of rotatable bonds is 0. The molecule has 0 aromatic heterocycles. The molecule has 0 rings (SSSR count). The van der Waals surface area contributed by atoms with Crippen LogP contribution >= 0.6 is 0 Å². The van der Waals surface area contributed by atoms with E-state index in [0.717, 1.165) is 0 Å². The molecule has 0 aliphatic carbocycles. The molecular weight excluding hydrogens is 408 g/mol. The Kier molecular flexibility index (Phi) is 20.2. The molecule has 0 heteroatoms. The van der Waals surface area contributed by atoms with E-state index in [2.05, 4.69) is 197 Å². The third-order valence-corrected chi connectivity index (χ3v) is 1.99. The van der Waals surface area contributed by atoms with Crippen molar-refractivity contribution in [2.75, 3.05) is 0 Å². The number of hydrogen-bond acceptors (Lipinski definition) is 0. The SMILES string of the molecule is C=C=C=C=C=C=C=C=C=C=C=C=C=C=C=C=C=C=C=C=C=C=C=C=C=C=C=C=C=C=C=C=C=C. The molecular formula is C34H4. The van der Waals surface area contributed by atoms with E-state index in [4.69, 9.17) is 0 Å². The van der Waals surface area contributed by atoms with Gasteiger partial charge in [0.1, 0.15) is 0 Å². The molecule has 0 aromatic rings. The monoisotopic (exact) mass is 412 g/mol. The summed E-state index contributed by atoms with van der Waals surface area (Å²) in [5, 5.41) is 0. The van der Waals surface area contributed by atoms with Gasteiger partial charge in [-0.1, -0.05) is 11.5 Å². The summed E-state index contributed by atoms with van der Waals surface area (Å²) in [6.07, 6.45) is 0. The summed E-state index contributed by atoms with van der Waals surface area (Å²) in [4.78, 5) is 0. The predicted octanol–water partition coefficient (Wildman–Crippen LogP) is 5.77. The minimum atomic E-state index is 2.37. The molecule has 0 aliphatic rings. The Bertz CT molecular complexity index is 1940. The first-order chi connectivity index (χ1) is 16.9. The van der Waals surface area contributed by atoms with Gasteiger partial charge in [0.05, 0.1) is 0 Å². The molecule has 0 amide bonds. The van der Waals surface area contributed by atoms with Gasteiger partial charge < -0.3 is 0 Å². The van der Waals surface area contributed by atoms with Gasteiger partial charge in [0.25, 0.3) is 0 Å². The van der Waals surface area contributed by atoms with Crippen LogP contribution in [0.3, 0.4) is 0 Å². The zero-order valence-electron chi connectivity index (χ0n) is 17.4. The zero-order valence-corrected chi connectivity index (χ0v) is 17.4. The first-order valence-corrected chi connectivity index (χ1v) is 8.46. The normalized spacial score (nSPS) is 3.88. The van der Waals surface area contributed by atoms with Crippen LogP contribution in [-0.4, -0.2) is 0 Å². The Morgan fingerprint density at radius 3 is 0.324 bits per heavy atom. The summed E-state index contributed by atoms with van der Waals surface area (Å²) >= 11 is 0. The van der Waals surface area contributed by atoms with Crippen LogP contribution in [0.1, 0.15) is 0 Å². The van der Waals surface area contributed by atoms with E-state index in [-0.39, 0.29) is 0 Å². The fourth-order valence-corrected chi connectivity index (χ4v) is 0.963. The lowest BCUT2D eigenvalue weighted by Crippen LogP contribution is -1.25. The minimum absolute atomic E-state index is 2.37. The number of hydrogen-bond donors (Lipinski definition) is 0.